The molecule has 0 aliphatic carbocycles. The summed E-state index contributed by atoms with van der Waals surface area (Å²) in [7, 11) is 4.25. The fraction of sp³-hybridized carbons (Fsp3) is 0.909. The van der Waals surface area contributed by atoms with E-state index in [0.29, 0.717) is 12.5 Å². The molecule has 16 heavy (non-hydrogen) atoms. The molecule has 0 aromatic heterocycles. The fourth-order valence-corrected chi connectivity index (χ4v) is 2.10. The van der Waals surface area contributed by atoms with Gasteiger partial charge in [-0.3, -0.25) is 4.79 Å². The Kier molecular flexibility index (Phi) is 5.18. The summed E-state index contributed by atoms with van der Waals surface area (Å²) in [4.78, 5) is 15.5. The van der Waals surface area contributed by atoms with Crippen LogP contribution in [0.25, 0.3) is 0 Å². The number of hydrogen-bond donors (Lipinski definition) is 2. The molecule has 1 saturated heterocycles. The number of piperidine rings is 1. The highest BCUT2D eigenvalue weighted by Crippen LogP contribution is 2.14. The fourth-order valence-electron chi connectivity index (χ4n) is 2.10. The summed E-state index contributed by atoms with van der Waals surface area (Å²) in [6.45, 7) is 3.15. The molecule has 0 bridgehead atoms. The number of rotatable bonds is 5. The summed E-state index contributed by atoms with van der Waals surface area (Å²) in [6.07, 6.45) is 3.04. The lowest BCUT2D eigenvalue weighted by Crippen LogP contribution is -2.44. The highest BCUT2D eigenvalue weighted by molar-refractivity contribution is 5.79. The van der Waals surface area contributed by atoms with E-state index in [0.717, 1.165) is 19.6 Å². The third kappa shape index (κ3) is 4.08. The first-order chi connectivity index (χ1) is 7.50. The molecule has 1 heterocycles. The predicted molar refractivity (Wildman–Crippen MR) is 64.9 cm³/mol. The van der Waals surface area contributed by atoms with E-state index in [1.165, 1.54) is 12.8 Å². The van der Waals surface area contributed by atoms with E-state index in [1.807, 2.05) is 0 Å². The molecular weight excluding hydrogens is 204 g/mol. The van der Waals surface area contributed by atoms with Gasteiger partial charge in [0, 0.05) is 12.6 Å². The van der Waals surface area contributed by atoms with Gasteiger partial charge in [-0.1, -0.05) is 0 Å². The van der Waals surface area contributed by atoms with Crippen LogP contribution in [0.2, 0.25) is 0 Å². The number of carbonyl (C=O) groups excluding carboxylic acids is 1. The van der Waals surface area contributed by atoms with Crippen molar-refractivity contribution < 1.29 is 4.79 Å². The van der Waals surface area contributed by atoms with Crippen molar-refractivity contribution in [3.05, 3.63) is 0 Å². The van der Waals surface area contributed by atoms with Crippen molar-refractivity contribution in [3.8, 4) is 0 Å². The van der Waals surface area contributed by atoms with Crippen LogP contribution >= 0.6 is 0 Å². The van der Waals surface area contributed by atoms with Gasteiger partial charge < -0.3 is 21.3 Å². The zero-order chi connectivity index (χ0) is 12.1. The minimum atomic E-state index is -0.506. The van der Waals surface area contributed by atoms with Crippen LogP contribution in [0, 0.1) is 0 Å². The van der Waals surface area contributed by atoms with Crippen molar-refractivity contribution in [3.63, 3.8) is 0 Å². The number of amides is 1. The van der Waals surface area contributed by atoms with Gasteiger partial charge in [-0.2, -0.15) is 0 Å². The third-order valence-electron chi connectivity index (χ3n) is 3.47. The van der Waals surface area contributed by atoms with Gasteiger partial charge in [0.15, 0.2) is 0 Å². The Morgan fingerprint density at radius 1 is 1.50 bits per heavy atom. The zero-order valence-electron chi connectivity index (χ0n) is 10.4. The van der Waals surface area contributed by atoms with E-state index in [2.05, 4.69) is 23.9 Å². The van der Waals surface area contributed by atoms with Gasteiger partial charge in [-0.15, -0.1) is 0 Å². The molecular formula is C11H24N4O. The molecule has 1 amide bonds. The van der Waals surface area contributed by atoms with Crippen molar-refractivity contribution in [2.45, 2.75) is 31.3 Å². The van der Waals surface area contributed by atoms with E-state index < -0.39 is 11.9 Å². The second-order valence-corrected chi connectivity index (χ2v) is 4.81. The number of nitrogens with zero attached hydrogens (tertiary/aromatic N) is 2. The van der Waals surface area contributed by atoms with Gasteiger partial charge in [-0.25, -0.2) is 0 Å². The lowest BCUT2D eigenvalue weighted by molar-refractivity contribution is -0.119. The molecule has 1 rings (SSSR count). The van der Waals surface area contributed by atoms with Crippen molar-refractivity contribution >= 4 is 5.91 Å². The number of likely N-dealkylation sites (tertiary alicyclic amines) is 1. The Morgan fingerprint density at radius 2 is 2.06 bits per heavy atom. The number of carbonyl (C=O) groups is 1. The Hall–Kier alpha value is -0.650. The lowest BCUT2D eigenvalue weighted by atomic mass is 10.0. The monoisotopic (exact) mass is 228 g/mol. The molecule has 0 aromatic carbocycles. The van der Waals surface area contributed by atoms with E-state index in [4.69, 9.17) is 11.5 Å². The van der Waals surface area contributed by atoms with Crippen molar-refractivity contribution in [1.82, 2.24) is 9.80 Å². The Bertz CT molecular complexity index is 226. The van der Waals surface area contributed by atoms with Crippen LogP contribution in [0.15, 0.2) is 0 Å². The second-order valence-electron chi connectivity index (χ2n) is 4.81. The Balaban J connectivity index is 2.24. The first kappa shape index (κ1) is 13.4. The summed E-state index contributed by atoms with van der Waals surface area (Å²) in [5, 5.41) is 0. The van der Waals surface area contributed by atoms with Gasteiger partial charge in [0.1, 0.15) is 0 Å². The molecule has 0 saturated carbocycles. The van der Waals surface area contributed by atoms with E-state index in [9.17, 15) is 4.79 Å². The molecule has 94 valence electrons. The standard InChI is InChI=1S/C11H24N4O/c1-14-6-3-9(4-7-14)15(2)8-5-10(12)11(13)16/h9-10H,3-8,12H2,1-2H3,(H2,13,16). The summed E-state index contributed by atoms with van der Waals surface area (Å²) in [6, 6.07) is 0.116. The topological polar surface area (TPSA) is 75.6 Å². The quantitative estimate of drug-likeness (QED) is 0.647. The van der Waals surface area contributed by atoms with Crippen LogP contribution in [-0.2, 0) is 4.79 Å². The lowest BCUT2D eigenvalue weighted by Gasteiger charge is -2.35. The average molecular weight is 228 g/mol. The van der Waals surface area contributed by atoms with Crippen molar-refractivity contribution in [1.29, 1.82) is 0 Å². The molecule has 1 aliphatic heterocycles. The van der Waals surface area contributed by atoms with Crippen molar-refractivity contribution in [2.75, 3.05) is 33.7 Å². The maximum atomic E-state index is 10.8. The van der Waals surface area contributed by atoms with E-state index in [1.54, 1.807) is 0 Å². The largest absolute Gasteiger partial charge is 0.368 e. The van der Waals surface area contributed by atoms with Crippen LogP contribution in [0.5, 0.6) is 0 Å². The summed E-state index contributed by atoms with van der Waals surface area (Å²) < 4.78 is 0. The molecule has 0 radical (unpaired) electrons. The molecule has 1 unspecified atom stereocenters. The minimum absolute atomic E-state index is 0.406. The molecule has 1 aliphatic rings. The second kappa shape index (κ2) is 6.18. The van der Waals surface area contributed by atoms with Gasteiger partial charge in [0.05, 0.1) is 6.04 Å². The molecule has 5 nitrogen and oxygen atoms in total. The average Bonchev–Trinajstić information content (AvgIpc) is 2.26. The molecule has 0 spiro atoms. The third-order valence-corrected chi connectivity index (χ3v) is 3.47. The maximum Gasteiger partial charge on any atom is 0.234 e. The van der Waals surface area contributed by atoms with Crippen LogP contribution in [-0.4, -0.2) is 61.5 Å². The smallest absolute Gasteiger partial charge is 0.234 e. The highest BCUT2D eigenvalue weighted by Gasteiger charge is 2.21. The molecule has 4 N–H and O–H groups in total. The van der Waals surface area contributed by atoms with Gasteiger partial charge >= 0.3 is 0 Å². The molecule has 1 fully saturated rings. The van der Waals surface area contributed by atoms with Gasteiger partial charge in [-0.05, 0) is 46.4 Å². The summed E-state index contributed by atoms with van der Waals surface area (Å²) >= 11 is 0. The maximum absolute atomic E-state index is 10.8. The molecule has 1 atom stereocenters. The molecule has 0 aromatic rings. The zero-order valence-corrected chi connectivity index (χ0v) is 10.4. The van der Waals surface area contributed by atoms with E-state index >= 15 is 0 Å². The van der Waals surface area contributed by atoms with E-state index in [-0.39, 0.29) is 0 Å². The van der Waals surface area contributed by atoms with Gasteiger partial charge in [0.25, 0.3) is 0 Å². The summed E-state index contributed by atoms with van der Waals surface area (Å²) in [5.41, 5.74) is 10.7. The summed E-state index contributed by atoms with van der Waals surface area (Å²) in [5.74, 6) is -0.406. The molecule has 5 heteroatoms. The first-order valence-electron chi connectivity index (χ1n) is 5.94. The number of primary amides is 1. The SMILES string of the molecule is CN1CCC(N(C)CCC(N)C(N)=O)CC1. The Labute approximate surface area is 97.7 Å². The minimum Gasteiger partial charge on any atom is -0.368 e. The first-order valence-corrected chi connectivity index (χ1v) is 5.94. The number of nitrogens with two attached hydrogens (primary N) is 2. The predicted octanol–water partition coefficient (Wildman–Crippen LogP) is -0.785. The normalized spacial score (nSPS) is 21.2. The van der Waals surface area contributed by atoms with Gasteiger partial charge in [0.2, 0.25) is 5.91 Å². The van der Waals surface area contributed by atoms with Crippen LogP contribution < -0.4 is 11.5 Å². The van der Waals surface area contributed by atoms with Crippen molar-refractivity contribution in [2.24, 2.45) is 11.5 Å². The Morgan fingerprint density at radius 3 is 2.56 bits per heavy atom. The highest BCUT2D eigenvalue weighted by atomic mass is 16.1. The number of hydrogen-bond acceptors (Lipinski definition) is 4. The van der Waals surface area contributed by atoms with Crippen LogP contribution in [0.4, 0.5) is 0 Å². The van der Waals surface area contributed by atoms with Crippen LogP contribution in [0.1, 0.15) is 19.3 Å². The van der Waals surface area contributed by atoms with Crippen LogP contribution in [0.3, 0.4) is 0 Å².